The van der Waals surface area contributed by atoms with Crippen molar-refractivity contribution in [3.05, 3.63) is 56.2 Å². The first-order valence-corrected chi connectivity index (χ1v) is 7.52. The van der Waals surface area contributed by atoms with E-state index in [0.29, 0.717) is 31.6 Å². The summed E-state index contributed by atoms with van der Waals surface area (Å²) in [6.45, 7) is 0.172. The summed E-state index contributed by atoms with van der Waals surface area (Å²) in [4.78, 5) is 10.8. The molecule has 0 atom stereocenters. The van der Waals surface area contributed by atoms with Crippen LogP contribution in [0.3, 0.4) is 0 Å². The number of hydrogen-bond acceptors (Lipinski definition) is 3. The number of ether oxygens (including phenoxy) is 2. The summed E-state index contributed by atoms with van der Waals surface area (Å²) >= 11 is 6.57. The molecule has 0 amide bonds. The third-order valence-corrected chi connectivity index (χ3v) is 3.74. The van der Waals surface area contributed by atoms with Crippen LogP contribution in [0, 0.1) is 5.82 Å². The molecule has 0 N–H and O–H groups in total. The molecule has 0 spiro atoms. The fraction of sp³-hybridized carbons (Fsp3) is 0.133. The normalized spacial score (nSPS) is 10.3. The molecular weight excluding hydrogens is 407 g/mol. The molecule has 110 valence electrons. The van der Waals surface area contributed by atoms with E-state index in [9.17, 15) is 9.18 Å². The van der Waals surface area contributed by atoms with Crippen LogP contribution in [-0.2, 0) is 6.61 Å². The van der Waals surface area contributed by atoms with Crippen molar-refractivity contribution >= 4 is 38.1 Å². The van der Waals surface area contributed by atoms with E-state index in [2.05, 4.69) is 31.9 Å². The van der Waals surface area contributed by atoms with Crippen molar-refractivity contribution < 1.29 is 18.7 Å². The number of carbonyl (C=O) groups is 1. The minimum absolute atomic E-state index is 0.172. The third-order valence-electron chi connectivity index (χ3n) is 2.69. The second-order valence-corrected chi connectivity index (χ2v) is 5.99. The smallest absolute Gasteiger partial charge is 0.175 e. The van der Waals surface area contributed by atoms with Gasteiger partial charge in [0.2, 0.25) is 0 Å². The molecule has 0 heterocycles. The summed E-state index contributed by atoms with van der Waals surface area (Å²) in [6.07, 6.45) is 0.723. The number of methoxy groups -OCH3 is 1. The van der Waals surface area contributed by atoms with Gasteiger partial charge in [-0.05, 0) is 51.8 Å². The van der Waals surface area contributed by atoms with Crippen molar-refractivity contribution in [1.29, 1.82) is 0 Å². The minimum atomic E-state index is -0.342. The first kappa shape index (κ1) is 16.0. The Hall–Kier alpha value is -1.40. The van der Waals surface area contributed by atoms with Crippen LogP contribution in [0.1, 0.15) is 15.9 Å². The molecule has 0 saturated heterocycles. The van der Waals surface area contributed by atoms with Gasteiger partial charge in [-0.1, -0.05) is 15.9 Å². The highest BCUT2D eigenvalue weighted by atomic mass is 79.9. The number of halogens is 3. The number of carbonyl (C=O) groups excluding carboxylic acids is 1. The Kier molecular flexibility index (Phi) is 5.36. The summed E-state index contributed by atoms with van der Waals surface area (Å²) in [5, 5.41) is 0. The van der Waals surface area contributed by atoms with Crippen molar-refractivity contribution in [2.24, 2.45) is 0 Å². The maximum absolute atomic E-state index is 13.3. The molecule has 2 aromatic rings. The lowest BCUT2D eigenvalue weighted by atomic mass is 10.2. The summed E-state index contributed by atoms with van der Waals surface area (Å²) in [5.74, 6) is 0.552. The van der Waals surface area contributed by atoms with Gasteiger partial charge in [-0.3, -0.25) is 4.79 Å². The van der Waals surface area contributed by atoms with Crippen molar-refractivity contribution in [2.75, 3.05) is 7.11 Å². The van der Waals surface area contributed by atoms with E-state index in [1.54, 1.807) is 18.2 Å². The van der Waals surface area contributed by atoms with Gasteiger partial charge in [-0.25, -0.2) is 4.39 Å². The zero-order valence-corrected chi connectivity index (χ0v) is 14.2. The summed E-state index contributed by atoms with van der Waals surface area (Å²) in [5.41, 5.74) is 1.15. The summed E-state index contributed by atoms with van der Waals surface area (Å²) < 4.78 is 25.4. The molecular formula is C15H11Br2FO3. The first-order chi connectivity index (χ1) is 10.0. The molecule has 0 aromatic heterocycles. The van der Waals surface area contributed by atoms with Gasteiger partial charge in [-0.15, -0.1) is 0 Å². The first-order valence-electron chi connectivity index (χ1n) is 5.94. The highest BCUT2D eigenvalue weighted by Crippen LogP contribution is 2.36. The second kappa shape index (κ2) is 7.04. The van der Waals surface area contributed by atoms with Gasteiger partial charge >= 0.3 is 0 Å². The van der Waals surface area contributed by atoms with E-state index < -0.39 is 0 Å². The fourth-order valence-corrected chi connectivity index (χ4v) is 2.88. The Morgan fingerprint density at radius 3 is 2.57 bits per heavy atom. The molecule has 2 aromatic carbocycles. The molecule has 0 aliphatic rings. The van der Waals surface area contributed by atoms with Crippen LogP contribution in [0.5, 0.6) is 11.5 Å². The van der Waals surface area contributed by atoms with E-state index in [4.69, 9.17) is 9.47 Å². The second-order valence-electron chi connectivity index (χ2n) is 4.22. The quantitative estimate of drug-likeness (QED) is 0.658. The molecule has 6 heteroatoms. The molecule has 0 aliphatic carbocycles. The molecule has 0 radical (unpaired) electrons. The van der Waals surface area contributed by atoms with E-state index in [1.165, 1.54) is 19.2 Å². The lowest BCUT2D eigenvalue weighted by Gasteiger charge is -2.13. The number of aldehydes is 1. The number of benzene rings is 2. The highest BCUT2D eigenvalue weighted by Gasteiger charge is 2.12. The minimum Gasteiger partial charge on any atom is -0.493 e. The molecule has 0 fully saturated rings. The van der Waals surface area contributed by atoms with Crippen molar-refractivity contribution in [3.63, 3.8) is 0 Å². The van der Waals surface area contributed by atoms with Crippen molar-refractivity contribution in [1.82, 2.24) is 0 Å². The Bertz CT molecular complexity index is 654. The molecule has 0 unspecified atom stereocenters. The van der Waals surface area contributed by atoms with Gasteiger partial charge in [0.05, 0.1) is 11.6 Å². The van der Waals surface area contributed by atoms with E-state index in [0.717, 1.165) is 6.29 Å². The molecule has 0 aliphatic heterocycles. The van der Waals surface area contributed by atoms with Gasteiger partial charge in [0.25, 0.3) is 0 Å². The van der Waals surface area contributed by atoms with Gasteiger partial charge in [-0.2, -0.15) is 0 Å². The summed E-state index contributed by atoms with van der Waals surface area (Å²) in [7, 11) is 1.49. The molecule has 0 bridgehead atoms. The largest absolute Gasteiger partial charge is 0.493 e. The number of rotatable bonds is 5. The maximum Gasteiger partial charge on any atom is 0.175 e. The van der Waals surface area contributed by atoms with Crippen LogP contribution in [-0.4, -0.2) is 13.4 Å². The average molecular weight is 418 g/mol. The Balaban J connectivity index is 2.25. The number of hydrogen-bond donors (Lipinski definition) is 0. The van der Waals surface area contributed by atoms with Crippen LogP contribution >= 0.6 is 31.9 Å². The van der Waals surface area contributed by atoms with Gasteiger partial charge in [0, 0.05) is 10.0 Å². The average Bonchev–Trinajstić information content (AvgIpc) is 2.44. The van der Waals surface area contributed by atoms with Crippen LogP contribution in [0.25, 0.3) is 0 Å². The summed E-state index contributed by atoms with van der Waals surface area (Å²) in [6, 6.07) is 7.74. The highest BCUT2D eigenvalue weighted by molar-refractivity contribution is 9.10. The SMILES string of the molecule is COc1cc(C=O)cc(Br)c1OCc1cc(F)cc(Br)c1. The Morgan fingerprint density at radius 1 is 1.19 bits per heavy atom. The van der Waals surface area contributed by atoms with Gasteiger partial charge in [0.1, 0.15) is 18.7 Å². The monoisotopic (exact) mass is 416 g/mol. The van der Waals surface area contributed by atoms with Crippen LogP contribution in [0.2, 0.25) is 0 Å². The van der Waals surface area contributed by atoms with Crippen LogP contribution < -0.4 is 9.47 Å². The predicted molar refractivity (Wildman–Crippen MR) is 84.5 cm³/mol. The van der Waals surface area contributed by atoms with Crippen LogP contribution in [0.4, 0.5) is 4.39 Å². The van der Waals surface area contributed by atoms with Crippen molar-refractivity contribution in [3.8, 4) is 11.5 Å². The van der Waals surface area contributed by atoms with Gasteiger partial charge < -0.3 is 9.47 Å². The Morgan fingerprint density at radius 2 is 1.95 bits per heavy atom. The standard InChI is InChI=1S/C15H11Br2FO3/c1-20-14-5-9(7-19)4-13(17)15(14)21-8-10-2-11(16)6-12(18)3-10/h2-7H,8H2,1H3. The molecule has 21 heavy (non-hydrogen) atoms. The molecule has 2 rings (SSSR count). The zero-order valence-electron chi connectivity index (χ0n) is 11.0. The van der Waals surface area contributed by atoms with E-state index >= 15 is 0 Å². The van der Waals surface area contributed by atoms with E-state index in [-0.39, 0.29) is 12.4 Å². The topological polar surface area (TPSA) is 35.5 Å². The van der Waals surface area contributed by atoms with Gasteiger partial charge in [0.15, 0.2) is 11.5 Å². The van der Waals surface area contributed by atoms with Crippen molar-refractivity contribution in [2.45, 2.75) is 6.61 Å². The predicted octanol–water partition coefficient (Wildman–Crippen LogP) is 4.75. The maximum atomic E-state index is 13.3. The third kappa shape index (κ3) is 4.04. The Labute approximate surface area is 138 Å². The molecule has 3 nitrogen and oxygen atoms in total. The fourth-order valence-electron chi connectivity index (χ4n) is 1.80. The lowest BCUT2D eigenvalue weighted by molar-refractivity contribution is 0.112. The van der Waals surface area contributed by atoms with E-state index in [1.807, 2.05) is 0 Å². The van der Waals surface area contributed by atoms with Crippen LogP contribution in [0.15, 0.2) is 39.3 Å². The molecule has 0 saturated carbocycles. The zero-order chi connectivity index (χ0) is 15.4. The lowest BCUT2D eigenvalue weighted by Crippen LogP contribution is -2.00.